The zero-order chi connectivity index (χ0) is 16.7. The summed E-state index contributed by atoms with van der Waals surface area (Å²) in [7, 11) is 2.97. The van der Waals surface area contributed by atoms with Crippen LogP contribution >= 0.6 is 0 Å². The summed E-state index contributed by atoms with van der Waals surface area (Å²) in [6, 6.07) is 15.3. The quantitative estimate of drug-likeness (QED) is 0.828. The Morgan fingerprint density at radius 2 is 1.74 bits per heavy atom. The molecule has 0 bridgehead atoms. The first kappa shape index (κ1) is 16.8. The number of hydrogen-bond donors (Lipinski definition) is 1. The van der Waals surface area contributed by atoms with E-state index in [1.165, 1.54) is 25.3 Å². The second-order valence-corrected chi connectivity index (χ2v) is 5.22. The van der Waals surface area contributed by atoms with Gasteiger partial charge in [0.1, 0.15) is 5.75 Å². The van der Waals surface area contributed by atoms with Gasteiger partial charge in [0.2, 0.25) is 0 Å². The lowest BCUT2D eigenvalue weighted by Gasteiger charge is -2.14. The Morgan fingerprint density at radius 1 is 1.09 bits per heavy atom. The number of carbonyl (C=O) groups is 1. The molecule has 0 aliphatic rings. The summed E-state index contributed by atoms with van der Waals surface area (Å²) >= 11 is 0. The number of benzene rings is 2. The van der Waals surface area contributed by atoms with Crippen LogP contribution in [0, 0.1) is 6.92 Å². The monoisotopic (exact) mass is 314 g/mol. The maximum Gasteiger partial charge on any atom is 0.345 e. The highest BCUT2D eigenvalue weighted by Gasteiger charge is 2.07. The van der Waals surface area contributed by atoms with Crippen molar-refractivity contribution in [1.29, 1.82) is 0 Å². The van der Waals surface area contributed by atoms with Crippen molar-refractivity contribution in [3.8, 4) is 5.75 Å². The molecular weight excluding hydrogens is 292 g/mol. The first-order valence-electron chi connectivity index (χ1n) is 7.45. The molecule has 2 aromatic rings. The average Bonchev–Trinajstić information content (AvgIpc) is 2.57. The number of anilines is 1. The van der Waals surface area contributed by atoms with E-state index in [2.05, 4.69) is 36.5 Å². The molecule has 0 aliphatic carbocycles. The highest BCUT2D eigenvalue weighted by Crippen LogP contribution is 2.16. The molecule has 0 aromatic heterocycles. The number of nitrogens with zero attached hydrogens (tertiary/aromatic N) is 1. The van der Waals surface area contributed by atoms with Crippen molar-refractivity contribution in [3.05, 3.63) is 59.7 Å². The van der Waals surface area contributed by atoms with E-state index in [4.69, 9.17) is 9.57 Å². The first-order chi connectivity index (χ1) is 11.1. The SMILES string of the molecule is CON(C)C(=O)Nc1ccc(OCCc2ccc(C)cc2)cc1. The zero-order valence-corrected chi connectivity index (χ0v) is 13.7. The number of carbonyl (C=O) groups excluding carboxylic acids is 1. The van der Waals surface area contributed by atoms with E-state index in [1.54, 1.807) is 12.1 Å². The maximum atomic E-state index is 11.6. The Kier molecular flexibility index (Phi) is 6.00. The van der Waals surface area contributed by atoms with Gasteiger partial charge in [-0.25, -0.2) is 9.86 Å². The lowest BCUT2D eigenvalue weighted by molar-refractivity contribution is -0.0598. The summed E-state index contributed by atoms with van der Waals surface area (Å²) in [6.07, 6.45) is 0.859. The van der Waals surface area contributed by atoms with Crippen molar-refractivity contribution in [2.24, 2.45) is 0 Å². The number of hydrogen-bond acceptors (Lipinski definition) is 3. The van der Waals surface area contributed by atoms with E-state index >= 15 is 0 Å². The molecule has 0 saturated carbocycles. The molecule has 5 heteroatoms. The summed E-state index contributed by atoms with van der Waals surface area (Å²) in [6.45, 7) is 2.69. The van der Waals surface area contributed by atoms with Crippen LogP contribution in [0.15, 0.2) is 48.5 Å². The van der Waals surface area contributed by atoms with E-state index in [1.807, 2.05) is 12.1 Å². The van der Waals surface area contributed by atoms with Gasteiger partial charge in [-0.3, -0.25) is 4.84 Å². The van der Waals surface area contributed by atoms with Crippen molar-refractivity contribution in [2.75, 3.05) is 26.1 Å². The van der Waals surface area contributed by atoms with E-state index in [9.17, 15) is 4.79 Å². The zero-order valence-electron chi connectivity index (χ0n) is 13.7. The maximum absolute atomic E-state index is 11.6. The Labute approximate surface area is 136 Å². The number of amides is 2. The predicted octanol–water partition coefficient (Wildman–Crippen LogP) is 3.64. The highest BCUT2D eigenvalue weighted by molar-refractivity contribution is 5.88. The molecule has 0 aliphatic heterocycles. The summed E-state index contributed by atoms with van der Waals surface area (Å²) in [5, 5.41) is 3.83. The normalized spacial score (nSPS) is 10.2. The third-order valence-electron chi connectivity index (χ3n) is 3.45. The fourth-order valence-electron chi connectivity index (χ4n) is 1.96. The second kappa shape index (κ2) is 8.19. The molecule has 0 saturated heterocycles. The molecule has 2 aromatic carbocycles. The van der Waals surface area contributed by atoms with Gasteiger partial charge in [-0.1, -0.05) is 29.8 Å². The minimum atomic E-state index is -0.333. The van der Waals surface area contributed by atoms with Crippen molar-refractivity contribution in [1.82, 2.24) is 5.06 Å². The number of ether oxygens (including phenoxy) is 1. The number of aryl methyl sites for hydroxylation is 1. The van der Waals surface area contributed by atoms with Crippen LogP contribution in [-0.2, 0) is 11.3 Å². The van der Waals surface area contributed by atoms with Crippen LogP contribution < -0.4 is 10.1 Å². The fraction of sp³-hybridized carbons (Fsp3) is 0.278. The van der Waals surface area contributed by atoms with Gasteiger partial charge in [0, 0.05) is 19.2 Å². The molecule has 0 atom stereocenters. The van der Waals surface area contributed by atoms with Gasteiger partial charge < -0.3 is 10.1 Å². The Bertz CT molecular complexity index is 624. The third kappa shape index (κ3) is 5.30. The minimum Gasteiger partial charge on any atom is -0.493 e. The largest absolute Gasteiger partial charge is 0.493 e. The van der Waals surface area contributed by atoms with E-state index in [0.717, 1.165) is 17.2 Å². The molecule has 0 spiro atoms. The highest BCUT2D eigenvalue weighted by atomic mass is 16.7. The lowest BCUT2D eigenvalue weighted by Crippen LogP contribution is -2.30. The molecule has 2 amide bonds. The molecule has 0 heterocycles. The van der Waals surface area contributed by atoms with Crippen LogP contribution in [0.2, 0.25) is 0 Å². The Morgan fingerprint density at radius 3 is 2.35 bits per heavy atom. The summed E-state index contributed by atoms with van der Waals surface area (Å²) < 4.78 is 5.72. The summed E-state index contributed by atoms with van der Waals surface area (Å²) in [5.41, 5.74) is 3.19. The molecule has 0 fully saturated rings. The van der Waals surface area contributed by atoms with Gasteiger partial charge in [-0.05, 0) is 36.8 Å². The van der Waals surface area contributed by atoms with Gasteiger partial charge in [-0.2, -0.15) is 0 Å². The van der Waals surface area contributed by atoms with Gasteiger partial charge in [0.05, 0.1) is 13.7 Å². The van der Waals surface area contributed by atoms with Crippen molar-refractivity contribution in [3.63, 3.8) is 0 Å². The fourth-order valence-corrected chi connectivity index (χ4v) is 1.96. The van der Waals surface area contributed by atoms with Crippen LogP contribution in [0.5, 0.6) is 5.75 Å². The van der Waals surface area contributed by atoms with E-state index < -0.39 is 0 Å². The minimum absolute atomic E-state index is 0.333. The van der Waals surface area contributed by atoms with Crippen molar-refractivity contribution < 1.29 is 14.4 Å². The Balaban J connectivity index is 1.80. The molecule has 1 N–H and O–H groups in total. The topological polar surface area (TPSA) is 50.8 Å². The van der Waals surface area contributed by atoms with Crippen LogP contribution in [-0.4, -0.2) is 31.9 Å². The molecule has 0 radical (unpaired) electrons. The van der Waals surface area contributed by atoms with Gasteiger partial charge in [-0.15, -0.1) is 0 Å². The number of rotatable bonds is 6. The van der Waals surface area contributed by atoms with Crippen molar-refractivity contribution in [2.45, 2.75) is 13.3 Å². The second-order valence-electron chi connectivity index (χ2n) is 5.22. The Hall–Kier alpha value is -2.53. The number of nitrogens with one attached hydrogen (secondary N) is 1. The van der Waals surface area contributed by atoms with Gasteiger partial charge in [0.25, 0.3) is 0 Å². The molecule has 122 valence electrons. The smallest absolute Gasteiger partial charge is 0.345 e. The van der Waals surface area contributed by atoms with Gasteiger partial charge >= 0.3 is 6.03 Å². The number of hydroxylamine groups is 2. The van der Waals surface area contributed by atoms with Crippen LogP contribution in [0.3, 0.4) is 0 Å². The molecule has 5 nitrogen and oxygen atoms in total. The van der Waals surface area contributed by atoms with Crippen molar-refractivity contribution >= 4 is 11.7 Å². The summed E-state index contributed by atoms with van der Waals surface area (Å²) in [5.74, 6) is 0.773. The average molecular weight is 314 g/mol. The molecule has 0 unspecified atom stereocenters. The van der Waals surface area contributed by atoms with E-state index in [-0.39, 0.29) is 6.03 Å². The predicted molar refractivity (Wildman–Crippen MR) is 90.6 cm³/mol. The number of urea groups is 1. The lowest BCUT2D eigenvalue weighted by atomic mass is 10.1. The standard InChI is InChI=1S/C18H22N2O3/c1-14-4-6-15(7-5-14)12-13-23-17-10-8-16(9-11-17)19-18(21)20(2)22-3/h4-11H,12-13H2,1-3H3,(H,19,21). The molecule has 2 rings (SSSR count). The molecular formula is C18H22N2O3. The third-order valence-corrected chi connectivity index (χ3v) is 3.45. The first-order valence-corrected chi connectivity index (χ1v) is 7.45. The van der Waals surface area contributed by atoms with E-state index in [0.29, 0.717) is 12.3 Å². The van der Waals surface area contributed by atoms with Crippen LogP contribution in [0.1, 0.15) is 11.1 Å². The van der Waals surface area contributed by atoms with Crippen LogP contribution in [0.4, 0.5) is 10.5 Å². The molecule has 23 heavy (non-hydrogen) atoms. The van der Waals surface area contributed by atoms with Gasteiger partial charge in [0.15, 0.2) is 0 Å². The van der Waals surface area contributed by atoms with Crippen LogP contribution in [0.25, 0.3) is 0 Å². The summed E-state index contributed by atoms with van der Waals surface area (Å²) in [4.78, 5) is 16.4.